The van der Waals surface area contributed by atoms with Gasteiger partial charge in [-0.2, -0.15) is 0 Å². The van der Waals surface area contributed by atoms with Gasteiger partial charge in [-0.15, -0.1) is 0 Å². The van der Waals surface area contributed by atoms with Crippen molar-refractivity contribution in [3.8, 4) is 11.4 Å². The molecule has 0 radical (unpaired) electrons. The van der Waals surface area contributed by atoms with Gasteiger partial charge in [0.05, 0.1) is 22.4 Å². The summed E-state index contributed by atoms with van der Waals surface area (Å²) in [5.74, 6) is 0. The molecule has 3 aromatic heterocycles. The highest BCUT2D eigenvalue weighted by molar-refractivity contribution is 5.72. The van der Waals surface area contributed by atoms with E-state index in [2.05, 4.69) is 19.9 Å². The Morgan fingerprint density at radius 1 is 0.409 bits per heavy atom. The third kappa shape index (κ3) is 3.49. The molecule has 106 valence electrons. The van der Waals surface area contributed by atoms with Crippen molar-refractivity contribution in [1.82, 2.24) is 19.9 Å². The molecule has 0 aliphatic heterocycles. The van der Waals surface area contributed by atoms with Crippen LogP contribution in [-0.2, 0) is 0 Å². The molecule has 0 aliphatic carbocycles. The molecule has 4 nitrogen and oxygen atoms in total. The van der Waals surface area contributed by atoms with Gasteiger partial charge in [0.25, 0.3) is 0 Å². The average molecular weight is 286 g/mol. The van der Waals surface area contributed by atoms with Crippen molar-refractivity contribution in [2.45, 2.75) is 0 Å². The summed E-state index contributed by atoms with van der Waals surface area (Å²) >= 11 is 0. The van der Waals surface area contributed by atoms with E-state index in [-0.39, 0.29) is 0 Å². The molecule has 0 spiro atoms. The van der Waals surface area contributed by atoms with Crippen LogP contribution in [0, 0.1) is 0 Å². The predicted molar refractivity (Wildman–Crippen MR) is 87.0 cm³/mol. The molecule has 0 atom stereocenters. The minimum atomic E-state index is 0.915. The van der Waals surface area contributed by atoms with Crippen LogP contribution in [-0.4, -0.2) is 19.9 Å². The zero-order valence-corrected chi connectivity index (χ0v) is 11.9. The number of rotatable bonds is 1. The summed E-state index contributed by atoms with van der Waals surface area (Å²) < 4.78 is 0. The first-order valence-electron chi connectivity index (χ1n) is 6.92. The molecule has 3 heterocycles. The first-order valence-corrected chi connectivity index (χ1v) is 6.92. The Hall–Kier alpha value is -3.14. The summed E-state index contributed by atoms with van der Waals surface area (Å²) in [5.41, 5.74) is 3.73. The van der Waals surface area contributed by atoms with Crippen LogP contribution in [0.25, 0.3) is 22.4 Å². The highest BCUT2D eigenvalue weighted by Gasteiger charge is 1.95. The summed E-state index contributed by atoms with van der Waals surface area (Å²) in [5, 5.41) is 0. The van der Waals surface area contributed by atoms with Crippen LogP contribution in [0.2, 0.25) is 0 Å². The fourth-order valence-electron chi connectivity index (χ4n) is 1.94. The Labute approximate surface area is 128 Å². The Kier molecular flexibility index (Phi) is 4.42. The molecule has 0 unspecified atom stereocenters. The second-order valence-electron chi connectivity index (χ2n) is 4.48. The molecule has 4 rings (SSSR count). The number of hydrogen-bond donors (Lipinski definition) is 0. The van der Waals surface area contributed by atoms with Gasteiger partial charge in [0.2, 0.25) is 0 Å². The van der Waals surface area contributed by atoms with Crippen molar-refractivity contribution >= 4 is 11.0 Å². The van der Waals surface area contributed by atoms with Gasteiger partial charge in [-0.25, -0.2) is 0 Å². The summed E-state index contributed by atoms with van der Waals surface area (Å²) in [7, 11) is 0. The van der Waals surface area contributed by atoms with E-state index in [0.29, 0.717) is 0 Å². The lowest BCUT2D eigenvalue weighted by Gasteiger charge is -1.96. The highest BCUT2D eigenvalue weighted by Crippen LogP contribution is 2.10. The molecule has 0 bridgehead atoms. The quantitative estimate of drug-likeness (QED) is 0.534. The van der Waals surface area contributed by atoms with Crippen molar-refractivity contribution in [3.63, 3.8) is 0 Å². The van der Waals surface area contributed by atoms with E-state index in [1.165, 1.54) is 0 Å². The second kappa shape index (κ2) is 7.04. The molecular weight excluding hydrogens is 272 g/mol. The molecule has 0 fully saturated rings. The summed E-state index contributed by atoms with van der Waals surface area (Å²) in [6.07, 6.45) is 6.93. The van der Waals surface area contributed by atoms with Crippen LogP contribution >= 0.6 is 0 Å². The first kappa shape index (κ1) is 13.8. The molecule has 0 amide bonds. The molecule has 1 aromatic carbocycles. The molecule has 4 heteroatoms. The van der Waals surface area contributed by atoms with Crippen LogP contribution in [0.3, 0.4) is 0 Å². The van der Waals surface area contributed by atoms with Gasteiger partial charge in [0.15, 0.2) is 0 Å². The van der Waals surface area contributed by atoms with E-state index in [4.69, 9.17) is 0 Å². The van der Waals surface area contributed by atoms with E-state index in [1.807, 2.05) is 60.7 Å². The standard InChI is InChI=1S/C10H8N2.C8H6N2/c1-3-7-11-9(5-1)10-6-2-4-8-12-10;1-2-4-8-7(3-1)9-5-6-10-8/h1-8H;1-6H. The fourth-order valence-corrected chi connectivity index (χ4v) is 1.94. The van der Waals surface area contributed by atoms with Crippen LogP contribution in [0.1, 0.15) is 0 Å². The summed E-state index contributed by atoms with van der Waals surface area (Å²) in [4.78, 5) is 16.6. The minimum Gasteiger partial charge on any atom is -0.255 e. The van der Waals surface area contributed by atoms with Crippen LogP contribution < -0.4 is 0 Å². The molecule has 4 aromatic rings. The molecular formula is C18H14N4. The topological polar surface area (TPSA) is 51.6 Å². The number of para-hydroxylation sites is 2. The number of pyridine rings is 2. The predicted octanol–water partition coefficient (Wildman–Crippen LogP) is 3.77. The molecule has 0 aliphatic rings. The van der Waals surface area contributed by atoms with E-state index in [0.717, 1.165) is 22.4 Å². The number of nitrogens with zero attached hydrogens (tertiary/aromatic N) is 4. The number of fused-ring (bicyclic) bond motifs is 1. The van der Waals surface area contributed by atoms with Gasteiger partial charge in [-0.3, -0.25) is 19.9 Å². The fraction of sp³-hybridized carbons (Fsp3) is 0. The van der Waals surface area contributed by atoms with Crippen LogP contribution in [0.15, 0.2) is 85.5 Å². The van der Waals surface area contributed by atoms with Crippen molar-refractivity contribution in [2.75, 3.05) is 0 Å². The highest BCUT2D eigenvalue weighted by atomic mass is 14.8. The van der Waals surface area contributed by atoms with Crippen LogP contribution in [0.4, 0.5) is 0 Å². The van der Waals surface area contributed by atoms with Crippen molar-refractivity contribution in [1.29, 1.82) is 0 Å². The van der Waals surface area contributed by atoms with Gasteiger partial charge in [0, 0.05) is 24.8 Å². The van der Waals surface area contributed by atoms with Gasteiger partial charge >= 0.3 is 0 Å². The normalized spacial score (nSPS) is 9.82. The van der Waals surface area contributed by atoms with Gasteiger partial charge < -0.3 is 0 Å². The van der Waals surface area contributed by atoms with E-state index in [1.54, 1.807) is 24.8 Å². The number of benzene rings is 1. The summed E-state index contributed by atoms with van der Waals surface area (Å²) in [6.45, 7) is 0. The van der Waals surface area contributed by atoms with Gasteiger partial charge in [-0.1, -0.05) is 24.3 Å². The smallest absolute Gasteiger partial charge is 0.0886 e. The number of aromatic nitrogens is 4. The lowest BCUT2D eigenvalue weighted by atomic mass is 10.2. The van der Waals surface area contributed by atoms with E-state index >= 15 is 0 Å². The summed E-state index contributed by atoms with van der Waals surface area (Å²) in [6, 6.07) is 19.4. The maximum atomic E-state index is 4.19. The zero-order valence-electron chi connectivity index (χ0n) is 11.9. The lowest BCUT2D eigenvalue weighted by Crippen LogP contribution is -1.83. The maximum Gasteiger partial charge on any atom is 0.0886 e. The first-order chi connectivity index (χ1) is 10.9. The lowest BCUT2D eigenvalue weighted by molar-refractivity contribution is 1.25. The zero-order chi connectivity index (χ0) is 15.0. The van der Waals surface area contributed by atoms with Crippen molar-refractivity contribution in [3.05, 3.63) is 85.5 Å². The molecule has 0 N–H and O–H groups in total. The molecule has 0 saturated carbocycles. The van der Waals surface area contributed by atoms with Crippen molar-refractivity contribution < 1.29 is 0 Å². The molecule has 0 saturated heterocycles. The number of hydrogen-bond acceptors (Lipinski definition) is 4. The molecule has 22 heavy (non-hydrogen) atoms. The van der Waals surface area contributed by atoms with Crippen LogP contribution in [0.5, 0.6) is 0 Å². The van der Waals surface area contributed by atoms with E-state index < -0.39 is 0 Å². The Morgan fingerprint density at radius 2 is 0.864 bits per heavy atom. The van der Waals surface area contributed by atoms with Crippen molar-refractivity contribution in [2.24, 2.45) is 0 Å². The average Bonchev–Trinajstić information content (AvgIpc) is 2.64. The SMILES string of the molecule is c1ccc(-c2ccccn2)nc1.c1ccc2nccnc2c1. The Balaban J connectivity index is 0.000000133. The monoisotopic (exact) mass is 286 g/mol. The largest absolute Gasteiger partial charge is 0.255 e. The van der Waals surface area contributed by atoms with E-state index in [9.17, 15) is 0 Å². The van der Waals surface area contributed by atoms with Gasteiger partial charge in [-0.05, 0) is 36.4 Å². The Morgan fingerprint density at radius 3 is 1.27 bits per heavy atom. The minimum absolute atomic E-state index is 0.915. The second-order valence-corrected chi connectivity index (χ2v) is 4.48. The third-order valence-corrected chi connectivity index (χ3v) is 2.97. The Bertz CT molecular complexity index is 730. The van der Waals surface area contributed by atoms with Gasteiger partial charge in [0.1, 0.15) is 0 Å². The third-order valence-electron chi connectivity index (χ3n) is 2.97. The maximum absolute atomic E-state index is 4.19.